The van der Waals surface area contributed by atoms with Crippen LogP contribution in [0.3, 0.4) is 0 Å². The van der Waals surface area contributed by atoms with Gasteiger partial charge in [-0.15, -0.1) is 0 Å². The zero-order valence-corrected chi connectivity index (χ0v) is 16.7. The average Bonchev–Trinajstić information content (AvgIpc) is 2.56. The summed E-state index contributed by atoms with van der Waals surface area (Å²) in [4.78, 5) is 23.7. The Balaban J connectivity index is 3.93. The summed E-state index contributed by atoms with van der Waals surface area (Å²) in [6.45, 7) is 9.12. The highest BCUT2D eigenvalue weighted by Gasteiger charge is 2.19. The molecule has 6 heteroatoms. The maximum atomic E-state index is 11.8. The highest BCUT2D eigenvalue weighted by molar-refractivity contribution is 5.72. The SMILES string of the molecule is COCCC(C)C(C)OC(=O)CCCC(=O)OC(C)C(C)CCOC. The van der Waals surface area contributed by atoms with Gasteiger partial charge in [-0.25, -0.2) is 0 Å². The zero-order chi connectivity index (χ0) is 19.2. The van der Waals surface area contributed by atoms with E-state index >= 15 is 0 Å². The van der Waals surface area contributed by atoms with Crippen molar-refractivity contribution in [3.63, 3.8) is 0 Å². The molecule has 0 aromatic heterocycles. The largest absolute Gasteiger partial charge is 0.462 e. The molecule has 148 valence electrons. The van der Waals surface area contributed by atoms with E-state index in [-0.39, 0.29) is 48.8 Å². The van der Waals surface area contributed by atoms with Crippen molar-refractivity contribution in [2.45, 2.75) is 72.0 Å². The van der Waals surface area contributed by atoms with Gasteiger partial charge in [0.2, 0.25) is 0 Å². The molecule has 0 aliphatic rings. The lowest BCUT2D eigenvalue weighted by atomic mass is 10.0. The summed E-state index contributed by atoms with van der Waals surface area (Å²) < 4.78 is 20.8. The Morgan fingerprint density at radius 1 is 0.720 bits per heavy atom. The minimum absolute atomic E-state index is 0.156. The molecule has 0 amide bonds. The van der Waals surface area contributed by atoms with Gasteiger partial charge in [0.25, 0.3) is 0 Å². The Bertz CT molecular complexity index is 337. The van der Waals surface area contributed by atoms with Crippen molar-refractivity contribution in [2.75, 3.05) is 27.4 Å². The standard InChI is InChI=1S/C19H36O6/c1-14(10-12-22-5)16(3)24-18(20)8-7-9-19(21)25-17(4)15(2)11-13-23-6/h14-17H,7-13H2,1-6H3. The van der Waals surface area contributed by atoms with Crippen molar-refractivity contribution < 1.29 is 28.5 Å². The molecule has 4 atom stereocenters. The van der Waals surface area contributed by atoms with Gasteiger partial charge >= 0.3 is 11.9 Å². The number of esters is 2. The molecule has 0 radical (unpaired) electrons. The van der Waals surface area contributed by atoms with Crippen molar-refractivity contribution >= 4 is 11.9 Å². The van der Waals surface area contributed by atoms with Gasteiger partial charge in [-0.1, -0.05) is 13.8 Å². The molecule has 0 spiro atoms. The van der Waals surface area contributed by atoms with Gasteiger partial charge in [-0.05, 0) is 44.9 Å². The van der Waals surface area contributed by atoms with Crippen LogP contribution < -0.4 is 0 Å². The van der Waals surface area contributed by atoms with Gasteiger partial charge in [0, 0.05) is 40.3 Å². The second-order valence-electron chi connectivity index (χ2n) is 6.76. The van der Waals surface area contributed by atoms with E-state index in [9.17, 15) is 9.59 Å². The molecule has 0 rings (SSSR count). The predicted octanol–water partition coefficient (Wildman–Crippen LogP) is 3.37. The fourth-order valence-electron chi connectivity index (χ4n) is 2.22. The Hall–Kier alpha value is -1.14. The quantitative estimate of drug-likeness (QED) is 0.442. The summed E-state index contributed by atoms with van der Waals surface area (Å²) in [5.41, 5.74) is 0. The van der Waals surface area contributed by atoms with Gasteiger partial charge in [-0.3, -0.25) is 9.59 Å². The maximum absolute atomic E-state index is 11.8. The summed E-state index contributed by atoms with van der Waals surface area (Å²) in [7, 11) is 3.31. The topological polar surface area (TPSA) is 71.1 Å². The van der Waals surface area contributed by atoms with Crippen LogP contribution in [0.25, 0.3) is 0 Å². The lowest BCUT2D eigenvalue weighted by Gasteiger charge is -2.21. The van der Waals surface area contributed by atoms with Gasteiger partial charge in [-0.2, -0.15) is 0 Å². The van der Waals surface area contributed by atoms with E-state index in [1.807, 2.05) is 27.7 Å². The molecule has 0 aliphatic carbocycles. The van der Waals surface area contributed by atoms with E-state index in [2.05, 4.69) is 0 Å². The first kappa shape index (κ1) is 23.9. The minimum Gasteiger partial charge on any atom is -0.462 e. The summed E-state index contributed by atoms with van der Waals surface area (Å²) in [6, 6.07) is 0. The normalized spacial score (nSPS) is 15.9. The Labute approximate surface area is 152 Å². The third-order valence-electron chi connectivity index (χ3n) is 4.55. The Morgan fingerprint density at radius 2 is 1.08 bits per heavy atom. The van der Waals surface area contributed by atoms with E-state index < -0.39 is 0 Å². The molecule has 0 saturated heterocycles. The number of methoxy groups -OCH3 is 2. The molecule has 0 heterocycles. The second-order valence-corrected chi connectivity index (χ2v) is 6.76. The average molecular weight is 360 g/mol. The number of hydrogen-bond acceptors (Lipinski definition) is 6. The van der Waals surface area contributed by atoms with Crippen molar-refractivity contribution in [3.8, 4) is 0 Å². The lowest BCUT2D eigenvalue weighted by Crippen LogP contribution is -2.24. The van der Waals surface area contributed by atoms with Crippen LogP contribution in [0.2, 0.25) is 0 Å². The fourth-order valence-corrected chi connectivity index (χ4v) is 2.22. The molecule has 0 aromatic carbocycles. The van der Waals surface area contributed by atoms with Crippen LogP contribution in [0.1, 0.15) is 59.8 Å². The van der Waals surface area contributed by atoms with Crippen LogP contribution in [0.4, 0.5) is 0 Å². The maximum Gasteiger partial charge on any atom is 0.306 e. The van der Waals surface area contributed by atoms with Crippen molar-refractivity contribution in [3.05, 3.63) is 0 Å². The van der Waals surface area contributed by atoms with Crippen LogP contribution in [0.15, 0.2) is 0 Å². The van der Waals surface area contributed by atoms with Gasteiger partial charge in [0.05, 0.1) is 0 Å². The molecule has 0 fully saturated rings. The van der Waals surface area contributed by atoms with E-state index in [1.54, 1.807) is 14.2 Å². The number of rotatable bonds is 14. The van der Waals surface area contributed by atoms with Crippen molar-refractivity contribution in [1.29, 1.82) is 0 Å². The van der Waals surface area contributed by atoms with Gasteiger partial charge < -0.3 is 18.9 Å². The first-order chi connectivity index (χ1) is 11.8. The fraction of sp³-hybridized carbons (Fsp3) is 0.895. The number of hydrogen-bond donors (Lipinski definition) is 0. The molecule has 0 N–H and O–H groups in total. The van der Waals surface area contributed by atoms with E-state index in [1.165, 1.54) is 0 Å². The summed E-state index contributed by atoms with van der Waals surface area (Å²) >= 11 is 0. The first-order valence-electron chi connectivity index (χ1n) is 9.18. The van der Waals surface area contributed by atoms with E-state index in [4.69, 9.17) is 18.9 Å². The molecule has 6 nitrogen and oxygen atoms in total. The Morgan fingerprint density at radius 3 is 1.40 bits per heavy atom. The van der Waals surface area contributed by atoms with Crippen molar-refractivity contribution in [2.24, 2.45) is 11.8 Å². The molecule has 25 heavy (non-hydrogen) atoms. The van der Waals surface area contributed by atoms with Crippen LogP contribution in [0.5, 0.6) is 0 Å². The number of carbonyl (C=O) groups excluding carboxylic acids is 2. The second kappa shape index (κ2) is 14.1. The third kappa shape index (κ3) is 11.9. The zero-order valence-electron chi connectivity index (χ0n) is 16.7. The van der Waals surface area contributed by atoms with E-state index in [0.29, 0.717) is 19.6 Å². The van der Waals surface area contributed by atoms with Gasteiger partial charge in [0.15, 0.2) is 0 Å². The molecule has 4 unspecified atom stereocenters. The minimum atomic E-state index is -0.272. The predicted molar refractivity (Wildman–Crippen MR) is 96.3 cm³/mol. The molecular weight excluding hydrogens is 324 g/mol. The first-order valence-corrected chi connectivity index (χ1v) is 9.18. The van der Waals surface area contributed by atoms with Gasteiger partial charge in [0.1, 0.15) is 12.2 Å². The number of carbonyl (C=O) groups is 2. The summed E-state index contributed by atoms with van der Waals surface area (Å²) in [5, 5.41) is 0. The molecule has 0 aromatic rings. The van der Waals surface area contributed by atoms with Crippen LogP contribution in [-0.2, 0) is 28.5 Å². The molecule has 0 aliphatic heterocycles. The van der Waals surface area contributed by atoms with E-state index in [0.717, 1.165) is 12.8 Å². The third-order valence-corrected chi connectivity index (χ3v) is 4.55. The molecule has 0 bridgehead atoms. The Kier molecular flexibility index (Phi) is 13.4. The van der Waals surface area contributed by atoms with Crippen molar-refractivity contribution in [1.82, 2.24) is 0 Å². The number of ether oxygens (including phenoxy) is 4. The lowest BCUT2D eigenvalue weighted by molar-refractivity contribution is -0.152. The molecule has 0 saturated carbocycles. The smallest absolute Gasteiger partial charge is 0.306 e. The monoisotopic (exact) mass is 360 g/mol. The van der Waals surface area contributed by atoms with Crippen LogP contribution in [-0.4, -0.2) is 51.6 Å². The molecular formula is C19H36O6. The summed E-state index contributed by atoms with van der Waals surface area (Å²) in [5.74, 6) is -0.0660. The van der Waals surface area contributed by atoms with Crippen LogP contribution in [0, 0.1) is 11.8 Å². The highest BCUT2D eigenvalue weighted by atomic mass is 16.5. The van der Waals surface area contributed by atoms with Crippen LogP contribution >= 0.6 is 0 Å². The summed E-state index contributed by atoms with van der Waals surface area (Å²) in [6.07, 6.45) is 2.27. The highest BCUT2D eigenvalue weighted by Crippen LogP contribution is 2.15.